The molecule has 0 radical (unpaired) electrons. The van der Waals surface area contributed by atoms with E-state index in [-0.39, 0.29) is 34.2 Å². The Morgan fingerprint density at radius 3 is 2.52 bits per heavy atom. The minimum Gasteiger partial charge on any atom is -0.405 e. The Balaban J connectivity index is 1.58. The molecule has 0 bridgehead atoms. The number of alkyl halides is 3. The van der Waals surface area contributed by atoms with Gasteiger partial charge in [0.1, 0.15) is 10.6 Å². The third kappa shape index (κ3) is 3.97. The minimum absolute atomic E-state index is 0.00416. The Morgan fingerprint density at radius 2 is 1.87 bits per heavy atom. The first-order valence-electron chi connectivity index (χ1n) is 9.31. The van der Waals surface area contributed by atoms with E-state index in [1.807, 2.05) is 0 Å². The van der Waals surface area contributed by atoms with E-state index in [0.29, 0.717) is 12.8 Å². The molecule has 4 rings (SSSR count). The van der Waals surface area contributed by atoms with E-state index in [1.54, 1.807) is 0 Å². The molecule has 0 atom stereocenters. The number of sulfonamides is 1. The van der Waals surface area contributed by atoms with E-state index in [9.17, 15) is 31.2 Å². The Kier molecular flexibility index (Phi) is 4.95. The number of ether oxygens (including phenoxy) is 1. The first kappa shape index (κ1) is 21.2. The second-order valence-corrected chi connectivity index (χ2v) is 9.15. The van der Waals surface area contributed by atoms with Crippen molar-refractivity contribution < 1.29 is 35.9 Å². The van der Waals surface area contributed by atoms with Gasteiger partial charge in [0.15, 0.2) is 0 Å². The summed E-state index contributed by atoms with van der Waals surface area (Å²) in [6.07, 6.45) is -3.67. The number of carbonyl (C=O) groups excluding carboxylic acids is 2. The molecule has 2 aromatic rings. The fraction of sp³-hybridized carbons (Fsp3) is 0.300. The third-order valence-corrected chi connectivity index (χ3v) is 6.90. The summed E-state index contributed by atoms with van der Waals surface area (Å²) in [7, 11) is -2.66. The van der Waals surface area contributed by atoms with Crippen molar-refractivity contribution in [1.82, 2.24) is 9.21 Å². The largest absolute Gasteiger partial charge is 0.573 e. The second-order valence-electron chi connectivity index (χ2n) is 7.36. The summed E-state index contributed by atoms with van der Waals surface area (Å²) in [6, 6.07) is 8.83. The monoisotopic (exact) mass is 454 g/mol. The average molecular weight is 454 g/mol. The van der Waals surface area contributed by atoms with Crippen molar-refractivity contribution in [3.63, 3.8) is 0 Å². The van der Waals surface area contributed by atoms with Crippen LogP contribution in [-0.4, -0.2) is 48.9 Å². The summed E-state index contributed by atoms with van der Waals surface area (Å²) in [6.45, 7) is -0.206. The summed E-state index contributed by atoms with van der Waals surface area (Å²) in [5, 5.41) is 0. The lowest BCUT2D eigenvalue weighted by Gasteiger charge is -2.20. The first-order chi connectivity index (χ1) is 14.5. The molecule has 31 heavy (non-hydrogen) atoms. The maximum atomic E-state index is 12.8. The van der Waals surface area contributed by atoms with Crippen LogP contribution >= 0.6 is 0 Å². The Bertz CT molecular complexity index is 1180. The third-order valence-electron chi connectivity index (χ3n) is 5.03. The van der Waals surface area contributed by atoms with Crippen LogP contribution in [0.3, 0.4) is 0 Å². The minimum atomic E-state index is -4.88. The molecule has 0 unspecified atom stereocenters. The smallest absolute Gasteiger partial charge is 0.405 e. The highest BCUT2D eigenvalue weighted by atomic mass is 32.2. The van der Waals surface area contributed by atoms with Crippen LogP contribution in [0.4, 0.5) is 13.2 Å². The van der Waals surface area contributed by atoms with Crippen LogP contribution in [0.2, 0.25) is 0 Å². The molecule has 0 saturated heterocycles. The van der Waals surface area contributed by atoms with Gasteiger partial charge in [0.2, 0.25) is 0 Å². The molecule has 1 heterocycles. The highest BCUT2D eigenvalue weighted by Gasteiger charge is 2.48. The summed E-state index contributed by atoms with van der Waals surface area (Å²) in [4.78, 5) is 26.2. The number of nitrogens with zero attached hydrogens (tertiary/aromatic N) is 2. The summed E-state index contributed by atoms with van der Waals surface area (Å²) < 4.78 is 68.2. The number of para-hydroxylation sites is 1. The van der Waals surface area contributed by atoms with Gasteiger partial charge in [-0.15, -0.1) is 13.2 Å². The number of hydrogen-bond acceptors (Lipinski definition) is 5. The zero-order valence-electron chi connectivity index (χ0n) is 16.2. The van der Waals surface area contributed by atoms with Crippen LogP contribution in [-0.2, 0) is 16.6 Å². The van der Waals surface area contributed by atoms with Crippen molar-refractivity contribution in [1.29, 1.82) is 0 Å². The number of rotatable bonds is 5. The van der Waals surface area contributed by atoms with Crippen molar-refractivity contribution in [3.8, 4) is 5.75 Å². The van der Waals surface area contributed by atoms with Gasteiger partial charge in [-0.05, 0) is 37.1 Å². The quantitative estimate of drug-likeness (QED) is 0.693. The summed E-state index contributed by atoms with van der Waals surface area (Å²) in [5.74, 6) is -1.66. The summed E-state index contributed by atoms with van der Waals surface area (Å²) >= 11 is 0. The molecule has 164 valence electrons. The van der Waals surface area contributed by atoms with E-state index in [1.165, 1.54) is 37.4 Å². The van der Waals surface area contributed by atoms with E-state index in [2.05, 4.69) is 4.74 Å². The van der Waals surface area contributed by atoms with E-state index < -0.39 is 33.9 Å². The first-order valence-corrected chi connectivity index (χ1v) is 10.7. The normalized spacial score (nSPS) is 17.4. The SMILES string of the molecule is CN(Cc1ccccc1OC(F)(F)F)C(=O)c1ccc2c(c1)S(=O)(=O)N(C1CC1)C2=O. The maximum Gasteiger partial charge on any atom is 0.573 e. The lowest BCUT2D eigenvalue weighted by atomic mass is 10.1. The number of fused-ring (bicyclic) bond motifs is 1. The van der Waals surface area contributed by atoms with Crippen molar-refractivity contribution >= 4 is 21.8 Å². The van der Waals surface area contributed by atoms with Gasteiger partial charge in [-0.25, -0.2) is 12.7 Å². The zero-order valence-corrected chi connectivity index (χ0v) is 17.0. The number of benzene rings is 2. The number of amides is 2. The molecule has 1 fully saturated rings. The molecular formula is C20H17F3N2O5S. The topological polar surface area (TPSA) is 84.0 Å². The Labute approximate surface area is 176 Å². The zero-order chi connectivity index (χ0) is 22.6. The van der Waals surface area contributed by atoms with Crippen LogP contribution in [0, 0.1) is 0 Å². The lowest BCUT2D eigenvalue weighted by Crippen LogP contribution is -2.32. The van der Waals surface area contributed by atoms with Crippen LogP contribution in [0.1, 0.15) is 39.1 Å². The molecule has 0 spiro atoms. The molecule has 2 amide bonds. The van der Waals surface area contributed by atoms with Gasteiger partial charge < -0.3 is 9.64 Å². The maximum absolute atomic E-state index is 12.8. The summed E-state index contributed by atoms with van der Waals surface area (Å²) in [5.41, 5.74) is 0.138. The molecule has 0 aromatic heterocycles. The van der Waals surface area contributed by atoms with Crippen LogP contribution in [0.15, 0.2) is 47.4 Å². The Hall–Kier alpha value is -3.08. The Morgan fingerprint density at radius 1 is 1.19 bits per heavy atom. The highest BCUT2D eigenvalue weighted by molar-refractivity contribution is 7.90. The molecule has 0 N–H and O–H groups in total. The second kappa shape index (κ2) is 7.26. The van der Waals surface area contributed by atoms with Crippen molar-refractivity contribution in [3.05, 3.63) is 59.2 Å². The number of halogens is 3. The molecule has 2 aliphatic rings. The lowest BCUT2D eigenvalue weighted by molar-refractivity contribution is -0.275. The standard InChI is InChI=1S/C20H17F3N2O5S/c1-24(11-13-4-2-3-5-16(13)30-20(21,22)23)18(26)12-6-9-15-17(10-12)31(28,29)25(19(15)27)14-7-8-14/h2-6,9-10,14H,7-8,11H2,1H3. The average Bonchev–Trinajstić information content (AvgIpc) is 3.49. The van der Waals surface area contributed by atoms with Gasteiger partial charge >= 0.3 is 6.36 Å². The van der Waals surface area contributed by atoms with Gasteiger partial charge in [-0.2, -0.15) is 0 Å². The van der Waals surface area contributed by atoms with Crippen molar-refractivity contribution in [2.24, 2.45) is 0 Å². The fourth-order valence-electron chi connectivity index (χ4n) is 3.46. The van der Waals surface area contributed by atoms with Crippen LogP contribution in [0.25, 0.3) is 0 Å². The molecule has 11 heteroatoms. The van der Waals surface area contributed by atoms with Gasteiger partial charge in [-0.3, -0.25) is 9.59 Å². The van der Waals surface area contributed by atoms with Crippen LogP contribution < -0.4 is 4.74 Å². The molecule has 2 aromatic carbocycles. The molecular weight excluding hydrogens is 437 g/mol. The molecule has 1 aliphatic heterocycles. The predicted octanol–water partition coefficient (Wildman–Crippen LogP) is 3.16. The van der Waals surface area contributed by atoms with Gasteiger partial charge in [0.25, 0.3) is 21.8 Å². The van der Waals surface area contributed by atoms with E-state index in [0.717, 1.165) is 21.3 Å². The van der Waals surface area contributed by atoms with E-state index in [4.69, 9.17) is 0 Å². The van der Waals surface area contributed by atoms with Crippen molar-refractivity contribution in [2.45, 2.75) is 36.7 Å². The van der Waals surface area contributed by atoms with Gasteiger partial charge in [-0.1, -0.05) is 18.2 Å². The number of hydrogen-bond donors (Lipinski definition) is 0. The molecule has 7 nitrogen and oxygen atoms in total. The van der Waals surface area contributed by atoms with Crippen LogP contribution in [0.5, 0.6) is 5.75 Å². The fourth-order valence-corrected chi connectivity index (χ4v) is 5.30. The van der Waals surface area contributed by atoms with Gasteiger partial charge in [0.05, 0.1) is 5.56 Å². The van der Waals surface area contributed by atoms with E-state index >= 15 is 0 Å². The molecule has 1 aliphatic carbocycles. The van der Waals surface area contributed by atoms with Gasteiger partial charge in [0, 0.05) is 30.8 Å². The number of carbonyl (C=O) groups is 2. The highest BCUT2D eigenvalue weighted by Crippen LogP contribution is 2.39. The molecule has 1 saturated carbocycles. The van der Waals surface area contributed by atoms with Crippen molar-refractivity contribution in [2.75, 3.05) is 7.05 Å². The predicted molar refractivity (Wildman–Crippen MR) is 102 cm³/mol.